The highest BCUT2D eigenvalue weighted by Gasteiger charge is 2.37. The van der Waals surface area contributed by atoms with Crippen LogP contribution in [0.4, 0.5) is 10.5 Å². The van der Waals surface area contributed by atoms with E-state index in [9.17, 15) is 19.2 Å². The SMILES string of the molecule is CC[C@@H](C)c1ccccc1N1C[C@H](C(=O)OCC(=O)NC(=O)NC2CC2)CC1=O. The van der Waals surface area contributed by atoms with E-state index in [1.165, 1.54) is 0 Å². The summed E-state index contributed by atoms with van der Waals surface area (Å²) < 4.78 is 5.03. The number of rotatable bonds is 7. The zero-order chi connectivity index (χ0) is 21.0. The summed E-state index contributed by atoms with van der Waals surface area (Å²) in [5, 5.41) is 4.74. The van der Waals surface area contributed by atoms with Crippen LogP contribution in [0.3, 0.4) is 0 Å². The maximum absolute atomic E-state index is 12.5. The predicted molar refractivity (Wildman–Crippen MR) is 106 cm³/mol. The lowest BCUT2D eigenvalue weighted by atomic mass is 9.96. The van der Waals surface area contributed by atoms with Crippen LogP contribution in [0.1, 0.15) is 51.0 Å². The zero-order valence-electron chi connectivity index (χ0n) is 16.8. The summed E-state index contributed by atoms with van der Waals surface area (Å²) in [5.41, 5.74) is 1.88. The average Bonchev–Trinajstić information content (AvgIpc) is 3.43. The third-order valence-corrected chi connectivity index (χ3v) is 5.34. The largest absolute Gasteiger partial charge is 0.455 e. The molecule has 1 aromatic rings. The van der Waals surface area contributed by atoms with Gasteiger partial charge in [-0.15, -0.1) is 0 Å². The molecule has 4 amide bonds. The summed E-state index contributed by atoms with van der Waals surface area (Å²) in [4.78, 5) is 49.8. The molecule has 8 nitrogen and oxygen atoms in total. The second-order valence-electron chi connectivity index (χ2n) is 7.68. The van der Waals surface area contributed by atoms with Crippen molar-refractivity contribution in [1.29, 1.82) is 0 Å². The first-order chi connectivity index (χ1) is 13.9. The van der Waals surface area contributed by atoms with Crippen LogP contribution in [0.25, 0.3) is 0 Å². The van der Waals surface area contributed by atoms with E-state index >= 15 is 0 Å². The molecule has 1 saturated heterocycles. The molecule has 0 radical (unpaired) electrons. The van der Waals surface area contributed by atoms with E-state index in [0.717, 1.165) is 30.5 Å². The number of esters is 1. The molecule has 1 heterocycles. The summed E-state index contributed by atoms with van der Waals surface area (Å²) in [6.45, 7) is 3.85. The number of amides is 4. The number of ether oxygens (including phenoxy) is 1. The summed E-state index contributed by atoms with van der Waals surface area (Å²) in [7, 11) is 0. The van der Waals surface area contributed by atoms with Crippen molar-refractivity contribution in [2.45, 2.75) is 51.5 Å². The van der Waals surface area contributed by atoms with Crippen LogP contribution in [0.5, 0.6) is 0 Å². The molecule has 1 aliphatic carbocycles. The van der Waals surface area contributed by atoms with Gasteiger partial charge >= 0.3 is 12.0 Å². The van der Waals surface area contributed by atoms with Crippen LogP contribution in [-0.4, -0.2) is 43.0 Å². The van der Waals surface area contributed by atoms with Crippen molar-refractivity contribution < 1.29 is 23.9 Å². The van der Waals surface area contributed by atoms with Crippen LogP contribution in [0.2, 0.25) is 0 Å². The number of nitrogens with zero attached hydrogens (tertiary/aromatic N) is 1. The monoisotopic (exact) mass is 401 g/mol. The maximum Gasteiger partial charge on any atom is 0.321 e. The van der Waals surface area contributed by atoms with E-state index < -0.39 is 30.4 Å². The van der Waals surface area contributed by atoms with Crippen molar-refractivity contribution in [3.05, 3.63) is 29.8 Å². The zero-order valence-corrected chi connectivity index (χ0v) is 16.8. The van der Waals surface area contributed by atoms with Gasteiger partial charge < -0.3 is 15.0 Å². The Morgan fingerprint density at radius 3 is 2.66 bits per heavy atom. The lowest BCUT2D eigenvalue weighted by molar-refractivity contribution is -0.152. The Balaban J connectivity index is 1.54. The van der Waals surface area contributed by atoms with E-state index in [2.05, 4.69) is 24.5 Å². The summed E-state index contributed by atoms with van der Waals surface area (Å²) in [5.74, 6) is -1.80. The number of carbonyl (C=O) groups excluding carboxylic acids is 4. The molecule has 29 heavy (non-hydrogen) atoms. The number of para-hydroxylation sites is 1. The van der Waals surface area contributed by atoms with Gasteiger partial charge in [0.1, 0.15) is 0 Å². The van der Waals surface area contributed by atoms with Crippen molar-refractivity contribution in [2.24, 2.45) is 5.92 Å². The Morgan fingerprint density at radius 2 is 1.97 bits per heavy atom. The Bertz CT molecular complexity index is 805. The average molecular weight is 401 g/mol. The number of hydrogen-bond acceptors (Lipinski definition) is 5. The lowest BCUT2D eigenvalue weighted by Crippen LogP contribution is -2.42. The number of benzene rings is 1. The molecular weight excluding hydrogens is 374 g/mol. The normalized spacial score (nSPS) is 19.6. The maximum atomic E-state index is 12.5. The van der Waals surface area contributed by atoms with Gasteiger partial charge in [-0.05, 0) is 36.8 Å². The first kappa shape index (κ1) is 20.8. The number of anilines is 1. The Kier molecular flexibility index (Phi) is 6.51. The fourth-order valence-electron chi connectivity index (χ4n) is 3.33. The highest BCUT2D eigenvalue weighted by atomic mass is 16.5. The van der Waals surface area contributed by atoms with Crippen LogP contribution in [0.15, 0.2) is 24.3 Å². The molecule has 2 N–H and O–H groups in total. The van der Waals surface area contributed by atoms with Crippen molar-refractivity contribution in [1.82, 2.24) is 10.6 Å². The molecule has 2 fully saturated rings. The van der Waals surface area contributed by atoms with E-state index in [4.69, 9.17) is 4.74 Å². The summed E-state index contributed by atoms with van der Waals surface area (Å²) in [6.07, 6.45) is 2.79. The molecule has 8 heteroatoms. The second-order valence-corrected chi connectivity index (χ2v) is 7.68. The molecular formula is C21H27N3O5. The molecule has 2 aliphatic rings. The van der Waals surface area contributed by atoms with Gasteiger partial charge in [0.05, 0.1) is 5.92 Å². The van der Waals surface area contributed by atoms with E-state index in [1.807, 2.05) is 24.3 Å². The third kappa shape index (κ3) is 5.34. The van der Waals surface area contributed by atoms with E-state index in [-0.39, 0.29) is 30.8 Å². The number of nitrogens with one attached hydrogen (secondary N) is 2. The van der Waals surface area contributed by atoms with Gasteiger partial charge in [0, 0.05) is 24.7 Å². The number of imide groups is 1. The van der Waals surface area contributed by atoms with Crippen molar-refractivity contribution in [2.75, 3.05) is 18.1 Å². The molecule has 3 rings (SSSR count). The first-order valence-electron chi connectivity index (χ1n) is 10.0. The van der Waals surface area contributed by atoms with Crippen molar-refractivity contribution in [3.63, 3.8) is 0 Å². The third-order valence-electron chi connectivity index (χ3n) is 5.34. The fraction of sp³-hybridized carbons (Fsp3) is 0.524. The molecule has 2 atom stereocenters. The molecule has 1 aromatic carbocycles. The van der Waals surface area contributed by atoms with Crippen molar-refractivity contribution >= 4 is 29.5 Å². The van der Waals surface area contributed by atoms with Crippen molar-refractivity contribution in [3.8, 4) is 0 Å². The minimum atomic E-state index is -0.695. The molecule has 0 unspecified atom stereocenters. The lowest BCUT2D eigenvalue weighted by Gasteiger charge is -2.23. The Labute approximate surface area is 170 Å². The van der Waals surface area contributed by atoms with Crippen LogP contribution < -0.4 is 15.5 Å². The molecule has 0 bridgehead atoms. The van der Waals surface area contributed by atoms with Crippen LogP contribution in [0, 0.1) is 5.92 Å². The van der Waals surface area contributed by atoms with Gasteiger partial charge in [-0.1, -0.05) is 32.0 Å². The predicted octanol–water partition coefficient (Wildman–Crippen LogP) is 2.08. The minimum absolute atomic E-state index is 0.0391. The fourth-order valence-corrected chi connectivity index (χ4v) is 3.33. The van der Waals surface area contributed by atoms with Gasteiger partial charge in [-0.25, -0.2) is 4.79 Å². The van der Waals surface area contributed by atoms with Gasteiger partial charge in [0.2, 0.25) is 5.91 Å². The number of carbonyl (C=O) groups is 4. The van der Waals surface area contributed by atoms with E-state index in [0.29, 0.717) is 0 Å². The highest BCUT2D eigenvalue weighted by molar-refractivity contribution is 6.00. The van der Waals surface area contributed by atoms with E-state index in [1.54, 1.807) is 4.90 Å². The van der Waals surface area contributed by atoms with Gasteiger partial charge in [-0.2, -0.15) is 0 Å². The van der Waals surface area contributed by atoms with Gasteiger partial charge in [-0.3, -0.25) is 19.7 Å². The Morgan fingerprint density at radius 1 is 1.24 bits per heavy atom. The van der Waals surface area contributed by atoms with Crippen LogP contribution >= 0.6 is 0 Å². The highest BCUT2D eigenvalue weighted by Crippen LogP contribution is 2.33. The first-order valence-corrected chi connectivity index (χ1v) is 10.0. The standard InChI is InChI=1S/C21H27N3O5/c1-3-13(2)16-6-4-5-7-17(16)24-11-14(10-19(24)26)20(27)29-12-18(25)23-21(28)22-15-8-9-15/h4-7,13-15H,3,8-12H2,1-2H3,(H2,22,23,25,28)/t13-,14-/m1/s1. The molecule has 0 aromatic heterocycles. The quantitative estimate of drug-likeness (QED) is 0.681. The van der Waals surface area contributed by atoms with Crippen LogP contribution in [-0.2, 0) is 19.1 Å². The smallest absolute Gasteiger partial charge is 0.321 e. The number of urea groups is 1. The molecule has 1 aliphatic heterocycles. The Hall–Kier alpha value is -2.90. The summed E-state index contributed by atoms with van der Waals surface area (Å²) >= 11 is 0. The summed E-state index contributed by atoms with van der Waals surface area (Å²) in [6, 6.07) is 7.24. The molecule has 1 saturated carbocycles. The molecule has 156 valence electrons. The van der Waals surface area contributed by atoms with Gasteiger partial charge in [0.25, 0.3) is 5.91 Å². The number of hydrogen-bond donors (Lipinski definition) is 2. The topological polar surface area (TPSA) is 105 Å². The van der Waals surface area contributed by atoms with Gasteiger partial charge in [0.15, 0.2) is 6.61 Å². The minimum Gasteiger partial charge on any atom is -0.455 e. The second kappa shape index (κ2) is 9.07. The molecule has 0 spiro atoms.